The van der Waals surface area contributed by atoms with E-state index in [-0.39, 0.29) is 11.3 Å². The maximum atomic E-state index is 12.5. The number of rotatable bonds is 8. The molecular formula is C27H31N9O3S. The Morgan fingerprint density at radius 2 is 1.80 bits per heavy atom. The lowest BCUT2D eigenvalue weighted by molar-refractivity contribution is 0.0196. The molecule has 0 aromatic carbocycles. The van der Waals surface area contributed by atoms with Crippen LogP contribution in [0, 0.1) is 6.92 Å². The van der Waals surface area contributed by atoms with Crippen molar-refractivity contribution in [3.8, 4) is 22.6 Å². The van der Waals surface area contributed by atoms with Crippen molar-refractivity contribution in [2.75, 3.05) is 10.6 Å². The Morgan fingerprint density at radius 1 is 1.00 bits per heavy atom. The number of nitrogens with one attached hydrogen (secondary N) is 2. The summed E-state index contributed by atoms with van der Waals surface area (Å²) in [7, 11) is -3.47. The van der Waals surface area contributed by atoms with Crippen LogP contribution in [0.4, 0.5) is 17.3 Å². The number of aryl methyl sites for hydroxylation is 1. The van der Waals surface area contributed by atoms with E-state index < -0.39 is 15.6 Å². The standard InChI is InChI=1S/C27H31N9O3S/c1-17-12-30-23(15-29-17)21-14-31-25(11-22(21)33-19-5-8-27(2,37)9-6-19)34-24-7-10-28-26(35-24)18-13-32-36(16-18)40(38,39)20-3-4-20/h7,10-16,19-20,37H,3-6,8-9H2,1-2H3,(H2,28,31,33,34,35). The number of anilines is 3. The van der Waals surface area contributed by atoms with Gasteiger partial charge in [0.15, 0.2) is 5.82 Å². The van der Waals surface area contributed by atoms with Crippen LogP contribution in [0.2, 0.25) is 0 Å². The predicted molar refractivity (Wildman–Crippen MR) is 150 cm³/mol. The molecule has 4 aromatic rings. The van der Waals surface area contributed by atoms with Gasteiger partial charge in [-0.3, -0.25) is 9.97 Å². The largest absolute Gasteiger partial charge is 0.390 e. The quantitative estimate of drug-likeness (QED) is 0.288. The van der Waals surface area contributed by atoms with Gasteiger partial charge in [-0.15, -0.1) is 0 Å². The molecular weight excluding hydrogens is 530 g/mol. The molecule has 0 radical (unpaired) electrons. The Bertz CT molecular complexity index is 1620. The maximum absolute atomic E-state index is 12.5. The van der Waals surface area contributed by atoms with Crippen molar-refractivity contribution in [1.29, 1.82) is 0 Å². The van der Waals surface area contributed by atoms with Gasteiger partial charge in [-0.2, -0.15) is 9.19 Å². The molecule has 2 fully saturated rings. The SMILES string of the molecule is Cc1cnc(-c2cnc(Nc3ccnc(-c4cnn(S(=O)(=O)C5CC5)c4)n3)cc2NC2CCC(C)(O)CC2)cn1. The molecule has 0 saturated heterocycles. The van der Waals surface area contributed by atoms with Gasteiger partial charge >= 0.3 is 0 Å². The molecule has 40 heavy (non-hydrogen) atoms. The van der Waals surface area contributed by atoms with Crippen LogP contribution in [0.3, 0.4) is 0 Å². The summed E-state index contributed by atoms with van der Waals surface area (Å²) in [4.78, 5) is 22.4. The third-order valence-electron chi connectivity index (χ3n) is 7.32. The Balaban J connectivity index is 1.26. The Labute approximate surface area is 232 Å². The molecule has 13 heteroatoms. The minimum absolute atomic E-state index is 0.196. The van der Waals surface area contributed by atoms with E-state index in [0.29, 0.717) is 41.6 Å². The summed E-state index contributed by atoms with van der Waals surface area (Å²) < 4.78 is 26.0. The van der Waals surface area contributed by atoms with Gasteiger partial charge in [-0.05, 0) is 58.4 Å². The van der Waals surface area contributed by atoms with E-state index in [1.165, 1.54) is 12.4 Å². The molecule has 0 spiro atoms. The second kappa shape index (κ2) is 10.2. The van der Waals surface area contributed by atoms with Gasteiger partial charge in [0.1, 0.15) is 11.6 Å². The monoisotopic (exact) mass is 561 g/mol. The average molecular weight is 562 g/mol. The smallest absolute Gasteiger partial charge is 0.256 e. The van der Waals surface area contributed by atoms with E-state index in [2.05, 4.69) is 40.7 Å². The van der Waals surface area contributed by atoms with Gasteiger partial charge in [0.05, 0.1) is 46.4 Å². The number of aromatic nitrogens is 7. The number of hydrogen-bond acceptors (Lipinski definition) is 11. The fourth-order valence-electron chi connectivity index (χ4n) is 4.76. The first-order chi connectivity index (χ1) is 19.2. The van der Waals surface area contributed by atoms with Crippen LogP contribution < -0.4 is 10.6 Å². The lowest BCUT2D eigenvalue weighted by Gasteiger charge is -2.34. The first kappa shape index (κ1) is 26.3. The van der Waals surface area contributed by atoms with Gasteiger partial charge in [0, 0.05) is 41.9 Å². The molecule has 3 N–H and O–H groups in total. The minimum Gasteiger partial charge on any atom is -0.390 e. The molecule has 0 bridgehead atoms. The second-order valence-electron chi connectivity index (χ2n) is 10.8. The average Bonchev–Trinajstić information content (AvgIpc) is 3.68. The van der Waals surface area contributed by atoms with E-state index >= 15 is 0 Å². The molecule has 6 rings (SSSR count). The third-order valence-corrected chi connectivity index (χ3v) is 9.35. The fraction of sp³-hybridized carbons (Fsp3) is 0.407. The highest BCUT2D eigenvalue weighted by Crippen LogP contribution is 2.34. The molecule has 0 atom stereocenters. The second-order valence-corrected chi connectivity index (χ2v) is 12.9. The normalized spacial score (nSPS) is 21.2. The number of hydrogen-bond donors (Lipinski definition) is 3. The molecule has 4 aromatic heterocycles. The van der Waals surface area contributed by atoms with Crippen molar-refractivity contribution in [3.63, 3.8) is 0 Å². The Hall–Kier alpha value is -3.97. The van der Waals surface area contributed by atoms with Crippen molar-refractivity contribution in [1.82, 2.24) is 34.1 Å². The lowest BCUT2D eigenvalue weighted by atomic mass is 9.83. The summed E-state index contributed by atoms with van der Waals surface area (Å²) in [6, 6.07) is 3.82. The van der Waals surface area contributed by atoms with Crippen LogP contribution in [-0.4, -0.2) is 64.5 Å². The van der Waals surface area contributed by atoms with Gasteiger partial charge in [-0.1, -0.05) is 0 Å². The summed E-state index contributed by atoms with van der Waals surface area (Å²) >= 11 is 0. The summed E-state index contributed by atoms with van der Waals surface area (Å²) in [6.07, 6.45) is 14.2. The fourth-order valence-corrected chi connectivity index (χ4v) is 6.24. The van der Waals surface area contributed by atoms with Crippen LogP contribution in [0.1, 0.15) is 51.1 Å². The van der Waals surface area contributed by atoms with Crippen molar-refractivity contribution in [2.45, 2.75) is 69.3 Å². The molecule has 0 aliphatic heterocycles. The molecule has 12 nitrogen and oxygen atoms in total. The van der Waals surface area contributed by atoms with E-state index in [1.807, 2.05) is 19.9 Å². The molecule has 0 amide bonds. The van der Waals surface area contributed by atoms with Crippen molar-refractivity contribution in [2.24, 2.45) is 0 Å². The first-order valence-corrected chi connectivity index (χ1v) is 14.8. The zero-order valence-electron chi connectivity index (χ0n) is 22.3. The van der Waals surface area contributed by atoms with Crippen LogP contribution >= 0.6 is 0 Å². The zero-order valence-corrected chi connectivity index (χ0v) is 23.1. The Kier molecular flexibility index (Phi) is 6.70. The minimum atomic E-state index is -3.47. The van der Waals surface area contributed by atoms with Crippen LogP contribution in [0.25, 0.3) is 22.6 Å². The lowest BCUT2D eigenvalue weighted by Crippen LogP contribution is -2.35. The molecule has 2 saturated carbocycles. The van der Waals surface area contributed by atoms with Crippen molar-refractivity contribution >= 4 is 27.3 Å². The zero-order chi connectivity index (χ0) is 27.9. The van der Waals surface area contributed by atoms with Gasteiger partial charge in [0.2, 0.25) is 0 Å². The number of nitrogens with zero attached hydrogens (tertiary/aromatic N) is 7. The highest BCUT2D eigenvalue weighted by Gasteiger charge is 2.37. The van der Waals surface area contributed by atoms with Crippen LogP contribution in [0.15, 0.2) is 49.3 Å². The van der Waals surface area contributed by atoms with E-state index in [1.54, 1.807) is 30.9 Å². The first-order valence-electron chi connectivity index (χ1n) is 13.3. The topological polar surface area (TPSA) is 161 Å². The maximum Gasteiger partial charge on any atom is 0.256 e. The Morgan fingerprint density at radius 3 is 2.52 bits per heavy atom. The summed E-state index contributed by atoms with van der Waals surface area (Å²) in [6.45, 7) is 3.78. The number of aliphatic hydroxyl groups is 1. The van der Waals surface area contributed by atoms with Crippen LogP contribution in [0.5, 0.6) is 0 Å². The van der Waals surface area contributed by atoms with Gasteiger partial charge < -0.3 is 15.7 Å². The predicted octanol–water partition coefficient (Wildman–Crippen LogP) is 3.69. The van der Waals surface area contributed by atoms with Crippen molar-refractivity contribution in [3.05, 3.63) is 55.0 Å². The molecule has 4 heterocycles. The molecule has 208 valence electrons. The molecule has 2 aliphatic carbocycles. The molecule has 0 unspecified atom stereocenters. The molecule has 2 aliphatic rings. The van der Waals surface area contributed by atoms with E-state index in [9.17, 15) is 13.5 Å². The van der Waals surface area contributed by atoms with Gasteiger partial charge in [0.25, 0.3) is 10.0 Å². The van der Waals surface area contributed by atoms with Crippen molar-refractivity contribution < 1.29 is 13.5 Å². The third kappa shape index (κ3) is 5.65. The van der Waals surface area contributed by atoms with Gasteiger partial charge in [-0.25, -0.2) is 23.4 Å². The highest BCUT2D eigenvalue weighted by molar-refractivity contribution is 7.90. The van der Waals surface area contributed by atoms with Crippen LogP contribution in [-0.2, 0) is 10.0 Å². The summed E-state index contributed by atoms with van der Waals surface area (Å²) in [5.74, 6) is 1.41. The van der Waals surface area contributed by atoms with E-state index in [4.69, 9.17) is 0 Å². The number of pyridine rings is 1. The summed E-state index contributed by atoms with van der Waals surface area (Å²) in [5, 5.41) is 20.9. The summed E-state index contributed by atoms with van der Waals surface area (Å²) in [5.41, 5.74) is 3.08. The highest BCUT2D eigenvalue weighted by atomic mass is 32.2. The van der Waals surface area contributed by atoms with E-state index in [0.717, 1.165) is 46.7 Å².